The summed E-state index contributed by atoms with van der Waals surface area (Å²) in [6.45, 7) is 1.73. The van der Waals surface area contributed by atoms with Crippen molar-refractivity contribution < 1.29 is 9.72 Å². The summed E-state index contributed by atoms with van der Waals surface area (Å²) in [6.07, 6.45) is 1.75. The maximum atomic E-state index is 12.1. The molecule has 0 atom stereocenters. The molecule has 0 aromatic heterocycles. The van der Waals surface area contributed by atoms with Crippen molar-refractivity contribution in [1.29, 1.82) is 0 Å². The number of amides is 1. The molecule has 0 bridgehead atoms. The molecule has 0 spiro atoms. The molecule has 1 fully saturated rings. The molecule has 1 aliphatic heterocycles. The van der Waals surface area contributed by atoms with Crippen LogP contribution in [0.4, 0.5) is 11.4 Å². The lowest BCUT2D eigenvalue weighted by Gasteiger charge is -2.01. The summed E-state index contributed by atoms with van der Waals surface area (Å²) in [7, 11) is 0. The predicted molar refractivity (Wildman–Crippen MR) is 100 cm³/mol. The molecule has 126 valence electrons. The van der Waals surface area contributed by atoms with Gasteiger partial charge in [0, 0.05) is 17.2 Å². The third-order valence-electron chi connectivity index (χ3n) is 3.43. The van der Waals surface area contributed by atoms with Crippen LogP contribution in [-0.2, 0) is 4.79 Å². The molecule has 2 aromatic carbocycles. The van der Waals surface area contributed by atoms with Crippen LogP contribution in [0.5, 0.6) is 0 Å². The van der Waals surface area contributed by atoms with Crippen LogP contribution in [0.2, 0.25) is 5.02 Å². The van der Waals surface area contributed by atoms with Gasteiger partial charge in [-0.1, -0.05) is 23.7 Å². The number of halogens is 1. The number of nitro benzene ring substituents is 1. The number of non-ortho nitro benzene ring substituents is 1. The average Bonchev–Trinajstić information content (AvgIpc) is 2.91. The second-order valence-corrected chi connectivity index (χ2v) is 6.73. The van der Waals surface area contributed by atoms with Gasteiger partial charge in [0.2, 0.25) is 0 Å². The lowest BCUT2D eigenvalue weighted by atomic mass is 10.2. The standard InChI is InChI=1S/C17H12ClN3O3S/c1-10-8-13(21(23)24)6-7-14(10)19-17-20-16(22)15(25-17)9-11-2-4-12(18)5-3-11/h2-9H,1H3,(H,19,20,22)/b15-9-. The van der Waals surface area contributed by atoms with Crippen LogP contribution < -0.4 is 5.32 Å². The minimum atomic E-state index is -0.455. The summed E-state index contributed by atoms with van der Waals surface area (Å²) in [4.78, 5) is 27.3. The molecule has 0 radical (unpaired) electrons. The second-order valence-electron chi connectivity index (χ2n) is 5.26. The number of hydrogen-bond acceptors (Lipinski definition) is 5. The van der Waals surface area contributed by atoms with Crippen LogP contribution >= 0.6 is 23.4 Å². The molecule has 8 heteroatoms. The summed E-state index contributed by atoms with van der Waals surface area (Å²) >= 11 is 7.06. The first kappa shape index (κ1) is 17.2. The summed E-state index contributed by atoms with van der Waals surface area (Å²) in [5.41, 5.74) is 2.09. The summed E-state index contributed by atoms with van der Waals surface area (Å²) < 4.78 is 0. The van der Waals surface area contributed by atoms with Gasteiger partial charge in [-0.15, -0.1) is 0 Å². The maximum absolute atomic E-state index is 12.1. The van der Waals surface area contributed by atoms with Gasteiger partial charge in [-0.05, 0) is 54.1 Å². The molecule has 1 saturated heterocycles. The Hall–Kier alpha value is -2.64. The first-order valence-corrected chi connectivity index (χ1v) is 8.42. The Kier molecular flexibility index (Phi) is 4.87. The van der Waals surface area contributed by atoms with E-state index in [1.807, 2.05) is 12.1 Å². The van der Waals surface area contributed by atoms with Gasteiger partial charge in [0.05, 0.1) is 15.5 Å². The monoisotopic (exact) mass is 373 g/mol. The van der Waals surface area contributed by atoms with E-state index in [0.717, 1.165) is 5.56 Å². The number of carbonyl (C=O) groups is 1. The average molecular weight is 374 g/mol. The molecule has 25 heavy (non-hydrogen) atoms. The van der Waals surface area contributed by atoms with Gasteiger partial charge in [-0.3, -0.25) is 14.9 Å². The van der Waals surface area contributed by atoms with Gasteiger partial charge in [-0.2, -0.15) is 0 Å². The molecular formula is C17H12ClN3O3S. The van der Waals surface area contributed by atoms with Crippen LogP contribution in [0.1, 0.15) is 11.1 Å². The molecule has 3 rings (SSSR count). The number of amidine groups is 1. The largest absolute Gasteiger partial charge is 0.300 e. The Balaban J connectivity index is 1.83. The molecule has 1 N–H and O–H groups in total. The van der Waals surface area contributed by atoms with Crippen LogP contribution in [0.15, 0.2) is 52.4 Å². The van der Waals surface area contributed by atoms with E-state index in [2.05, 4.69) is 10.3 Å². The fraction of sp³-hybridized carbons (Fsp3) is 0.0588. The van der Waals surface area contributed by atoms with Gasteiger partial charge >= 0.3 is 0 Å². The Morgan fingerprint density at radius 2 is 1.96 bits per heavy atom. The minimum absolute atomic E-state index is 0.00730. The fourth-order valence-corrected chi connectivity index (χ4v) is 3.14. The van der Waals surface area contributed by atoms with Gasteiger partial charge in [0.15, 0.2) is 5.17 Å². The number of thioether (sulfide) groups is 1. The number of benzene rings is 2. The van der Waals surface area contributed by atoms with Crippen molar-refractivity contribution in [3.8, 4) is 0 Å². The Labute approximate surface area is 152 Å². The third kappa shape index (κ3) is 4.07. The zero-order chi connectivity index (χ0) is 18.0. The predicted octanol–water partition coefficient (Wildman–Crippen LogP) is 4.45. The van der Waals surface area contributed by atoms with Gasteiger partial charge in [0.25, 0.3) is 11.6 Å². The first-order valence-electron chi connectivity index (χ1n) is 7.22. The zero-order valence-electron chi connectivity index (χ0n) is 13.0. The molecule has 1 heterocycles. The quantitative estimate of drug-likeness (QED) is 0.489. The Morgan fingerprint density at radius 3 is 2.60 bits per heavy atom. The van der Waals surface area contributed by atoms with Crippen molar-refractivity contribution in [2.75, 3.05) is 0 Å². The molecule has 0 aliphatic carbocycles. The van der Waals surface area contributed by atoms with Gasteiger partial charge < -0.3 is 5.32 Å². The number of nitro groups is 1. The lowest BCUT2D eigenvalue weighted by molar-refractivity contribution is -0.384. The number of nitrogens with zero attached hydrogens (tertiary/aromatic N) is 2. The number of aliphatic imine (C=N–C) groups is 1. The van der Waals surface area contributed by atoms with E-state index in [4.69, 9.17) is 11.6 Å². The number of carbonyl (C=O) groups excluding carboxylic acids is 1. The number of rotatable bonds is 3. The Bertz CT molecular complexity index is 923. The lowest BCUT2D eigenvalue weighted by Crippen LogP contribution is -2.19. The smallest absolute Gasteiger partial charge is 0.269 e. The highest BCUT2D eigenvalue weighted by Crippen LogP contribution is 2.30. The van der Waals surface area contributed by atoms with E-state index < -0.39 is 4.92 Å². The van der Waals surface area contributed by atoms with Crippen molar-refractivity contribution in [2.45, 2.75) is 6.92 Å². The first-order chi connectivity index (χ1) is 11.9. The van der Waals surface area contributed by atoms with Crippen molar-refractivity contribution in [3.05, 3.63) is 73.6 Å². The van der Waals surface area contributed by atoms with E-state index in [1.54, 1.807) is 31.2 Å². The molecule has 2 aromatic rings. The second kappa shape index (κ2) is 7.08. The normalized spacial score (nSPS) is 17.1. The van der Waals surface area contributed by atoms with Crippen molar-refractivity contribution >= 4 is 51.9 Å². The summed E-state index contributed by atoms with van der Waals surface area (Å²) in [6, 6.07) is 11.5. The van der Waals surface area contributed by atoms with Crippen molar-refractivity contribution in [2.24, 2.45) is 4.99 Å². The van der Waals surface area contributed by atoms with Gasteiger partial charge in [0.1, 0.15) is 0 Å². The Morgan fingerprint density at radius 1 is 1.24 bits per heavy atom. The van der Waals surface area contributed by atoms with E-state index >= 15 is 0 Å². The molecule has 1 aliphatic rings. The summed E-state index contributed by atoms with van der Waals surface area (Å²) in [5.74, 6) is -0.238. The highest BCUT2D eigenvalue weighted by Gasteiger charge is 2.24. The van der Waals surface area contributed by atoms with Crippen LogP contribution in [0, 0.1) is 17.0 Å². The number of hydrogen-bond donors (Lipinski definition) is 1. The molecule has 0 unspecified atom stereocenters. The highest BCUT2D eigenvalue weighted by atomic mass is 35.5. The topological polar surface area (TPSA) is 84.6 Å². The van der Waals surface area contributed by atoms with Crippen LogP contribution in [-0.4, -0.2) is 16.0 Å². The zero-order valence-corrected chi connectivity index (χ0v) is 14.6. The van der Waals surface area contributed by atoms with Crippen LogP contribution in [0.25, 0.3) is 6.08 Å². The number of nitrogens with one attached hydrogen (secondary N) is 1. The molecule has 6 nitrogen and oxygen atoms in total. The molecule has 0 saturated carbocycles. The maximum Gasteiger partial charge on any atom is 0.269 e. The SMILES string of the molecule is Cc1cc([N+](=O)[O-])ccc1N=C1NC(=O)/C(=C/c2ccc(Cl)cc2)S1. The van der Waals surface area contributed by atoms with E-state index in [9.17, 15) is 14.9 Å². The third-order valence-corrected chi connectivity index (χ3v) is 4.59. The fourth-order valence-electron chi connectivity index (χ4n) is 2.18. The van der Waals surface area contributed by atoms with E-state index in [-0.39, 0.29) is 11.6 Å². The highest BCUT2D eigenvalue weighted by molar-refractivity contribution is 8.18. The minimum Gasteiger partial charge on any atom is -0.300 e. The van der Waals surface area contributed by atoms with E-state index in [0.29, 0.717) is 26.3 Å². The number of aryl methyl sites for hydroxylation is 1. The summed E-state index contributed by atoms with van der Waals surface area (Å²) in [5, 5.41) is 14.5. The van der Waals surface area contributed by atoms with Gasteiger partial charge in [-0.25, -0.2) is 4.99 Å². The van der Waals surface area contributed by atoms with Crippen molar-refractivity contribution in [1.82, 2.24) is 5.32 Å². The molecular weight excluding hydrogens is 362 g/mol. The molecule has 1 amide bonds. The van der Waals surface area contributed by atoms with Crippen LogP contribution in [0.3, 0.4) is 0 Å². The van der Waals surface area contributed by atoms with E-state index in [1.165, 1.54) is 23.9 Å². The van der Waals surface area contributed by atoms with Crippen molar-refractivity contribution in [3.63, 3.8) is 0 Å².